The third-order valence-electron chi connectivity index (χ3n) is 4.67. The van der Waals surface area contributed by atoms with Gasteiger partial charge in [-0.3, -0.25) is 0 Å². The van der Waals surface area contributed by atoms with Gasteiger partial charge < -0.3 is 5.32 Å². The molecule has 3 heteroatoms. The largest absolute Gasteiger partial charge is 0.381 e. The summed E-state index contributed by atoms with van der Waals surface area (Å²) in [6.45, 7) is 4.70. The molecule has 0 radical (unpaired) electrons. The van der Waals surface area contributed by atoms with Crippen molar-refractivity contribution in [1.82, 2.24) is 9.78 Å². The Morgan fingerprint density at radius 1 is 1.19 bits per heavy atom. The number of aromatic nitrogens is 2. The number of nitrogens with zero attached hydrogens (tertiary/aromatic N) is 2. The first-order valence-corrected chi connectivity index (χ1v) is 8.09. The van der Waals surface area contributed by atoms with Crippen LogP contribution in [0.3, 0.4) is 0 Å². The van der Waals surface area contributed by atoms with Gasteiger partial charge in [-0.2, -0.15) is 5.10 Å². The molecule has 21 heavy (non-hydrogen) atoms. The van der Waals surface area contributed by atoms with E-state index in [2.05, 4.69) is 48.5 Å². The zero-order chi connectivity index (χ0) is 14.7. The van der Waals surface area contributed by atoms with E-state index in [1.807, 2.05) is 23.1 Å². The van der Waals surface area contributed by atoms with Crippen molar-refractivity contribution < 1.29 is 0 Å². The summed E-state index contributed by atoms with van der Waals surface area (Å²) < 4.78 is 1.94. The molecule has 112 valence electrons. The first-order valence-electron chi connectivity index (χ1n) is 8.09. The summed E-state index contributed by atoms with van der Waals surface area (Å²) >= 11 is 0. The molecular weight excluding hydrogens is 258 g/mol. The predicted molar refractivity (Wildman–Crippen MR) is 87.8 cm³/mol. The van der Waals surface area contributed by atoms with Crippen LogP contribution >= 0.6 is 0 Å². The Morgan fingerprint density at radius 3 is 2.81 bits per heavy atom. The highest BCUT2D eigenvalue weighted by atomic mass is 15.3. The summed E-state index contributed by atoms with van der Waals surface area (Å²) in [6.07, 6.45) is 9.10. The summed E-state index contributed by atoms with van der Waals surface area (Å²) in [7, 11) is 0. The lowest BCUT2D eigenvalue weighted by molar-refractivity contribution is 0.264. The van der Waals surface area contributed by atoms with E-state index >= 15 is 0 Å². The first-order chi connectivity index (χ1) is 10.2. The van der Waals surface area contributed by atoms with Crippen LogP contribution in [0.25, 0.3) is 5.69 Å². The van der Waals surface area contributed by atoms with Gasteiger partial charge in [0, 0.05) is 18.4 Å². The normalized spacial score (nSPS) is 22.4. The van der Waals surface area contributed by atoms with Gasteiger partial charge >= 0.3 is 0 Å². The molecule has 0 amide bonds. The third kappa shape index (κ3) is 3.29. The Labute approximate surface area is 127 Å². The van der Waals surface area contributed by atoms with Gasteiger partial charge in [0.2, 0.25) is 0 Å². The lowest BCUT2D eigenvalue weighted by Crippen LogP contribution is -2.29. The fourth-order valence-electron chi connectivity index (χ4n) is 3.39. The fourth-order valence-corrected chi connectivity index (χ4v) is 3.39. The summed E-state index contributed by atoms with van der Waals surface area (Å²) in [4.78, 5) is 0. The van der Waals surface area contributed by atoms with Crippen LogP contribution in [0.2, 0.25) is 0 Å². The minimum Gasteiger partial charge on any atom is -0.381 e. The van der Waals surface area contributed by atoms with Crippen LogP contribution < -0.4 is 5.32 Å². The number of hydrogen-bond donors (Lipinski definition) is 1. The molecule has 2 unspecified atom stereocenters. The van der Waals surface area contributed by atoms with Gasteiger partial charge in [-0.05, 0) is 42.9 Å². The van der Waals surface area contributed by atoms with Crippen LogP contribution in [0.4, 0.5) is 5.69 Å². The molecule has 3 nitrogen and oxygen atoms in total. The quantitative estimate of drug-likeness (QED) is 0.895. The number of benzene rings is 1. The molecule has 0 spiro atoms. The molecule has 0 aliphatic heterocycles. The minimum absolute atomic E-state index is 0.586. The lowest BCUT2D eigenvalue weighted by Gasteiger charge is -2.33. The van der Waals surface area contributed by atoms with E-state index in [4.69, 9.17) is 0 Å². The minimum atomic E-state index is 0.586. The Hall–Kier alpha value is -1.77. The van der Waals surface area contributed by atoms with Crippen molar-refractivity contribution in [3.8, 4) is 5.69 Å². The molecular formula is C18H25N3. The molecule has 0 saturated heterocycles. The van der Waals surface area contributed by atoms with Gasteiger partial charge in [-0.25, -0.2) is 4.68 Å². The molecule has 1 N–H and O–H groups in total. The maximum atomic E-state index is 4.36. The highest BCUT2D eigenvalue weighted by molar-refractivity contribution is 5.61. The van der Waals surface area contributed by atoms with Crippen molar-refractivity contribution >= 4 is 5.69 Å². The van der Waals surface area contributed by atoms with E-state index in [1.54, 1.807) is 0 Å². The monoisotopic (exact) mass is 283 g/mol. The van der Waals surface area contributed by atoms with Crippen LogP contribution in [0.1, 0.15) is 39.5 Å². The molecule has 1 heterocycles. The summed E-state index contributed by atoms with van der Waals surface area (Å²) in [5.74, 6) is 1.64. The summed E-state index contributed by atoms with van der Waals surface area (Å²) in [6, 6.07) is 11.0. The smallest absolute Gasteiger partial charge is 0.0876 e. The molecule has 2 atom stereocenters. The van der Waals surface area contributed by atoms with E-state index in [1.165, 1.54) is 31.4 Å². The van der Waals surface area contributed by atoms with Gasteiger partial charge in [-0.1, -0.05) is 38.8 Å². The Bertz CT molecular complexity index is 560. The zero-order valence-corrected chi connectivity index (χ0v) is 13.0. The van der Waals surface area contributed by atoms with E-state index < -0.39 is 0 Å². The summed E-state index contributed by atoms with van der Waals surface area (Å²) in [5, 5.41) is 8.12. The highest BCUT2D eigenvalue weighted by Gasteiger charge is 2.24. The Kier molecular flexibility index (Phi) is 4.28. The topological polar surface area (TPSA) is 29.9 Å². The second kappa shape index (κ2) is 6.33. The van der Waals surface area contributed by atoms with E-state index in [9.17, 15) is 0 Å². The van der Waals surface area contributed by atoms with Crippen LogP contribution in [0.5, 0.6) is 0 Å². The number of rotatable bonds is 4. The second-order valence-electron chi connectivity index (χ2n) is 6.48. The molecule has 0 bridgehead atoms. The molecule has 1 aliphatic carbocycles. The van der Waals surface area contributed by atoms with Crippen molar-refractivity contribution in [2.24, 2.45) is 11.8 Å². The lowest BCUT2D eigenvalue weighted by atomic mass is 9.79. The SMILES string of the molecule is CC(C)C1CCCC(Nc2ccccc2-n2cccn2)C1. The van der Waals surface area contributed by atoms with Crippen molar-refractivity contribution in [2.45, 2.75) is 45.6 Å². The van der Waals surface area contributed by atoms with Crippen molar-refractivity contribution in [3.05, 3.63) is 42.7 Å². The maximum Gasteiger partial charge on any atom is 0.0876 e. The first kappa shape index (κ1) is 14.2. The number of anilines is 1. The highest BCUT2D eigenvalue weighted by Crippen LogP contribution is 2.32. The van der Waals surface area contributed by atoms with Crippen molar-refractivity contribution in [2.75, 3.05) is 5.32 Å². The van der Waals surface area contributed by atoms with Gasteiger partial charge in [0.05, 0.1) is 11.4 Å². The average Bonchev–Trinajstić information content (AvgIpc) is 3.02. The fraction of sp³-hybridized carbons (Fsp3) is 0.500. The van der Waals surface area contributed by atoms with Crippen LogP contribution in [0.15, 0.2) is 42.7 Å². The standard InChI is InChI=1S/C18H25N3/c1-14(2)15-7-5-8-16(13-15)20-17-9-3-4-10-18(17)21-12-6-11-19-21/h3-4,6,9-12,14-16,20H,5,7-8,13H2,1-2H3. The molecule has 2 aromatic rings. The maximum absolute atomic E-state index is 4.36. The Morgan fingerprint density at radius 2 is 2.05 bits per heavy atom. The number of para-hydroxylation sites is 2. The van der Waals surface area contributed by atoms with Crippen molar-refractivity contribution in [3.63, 3.8) is 0 Å². The van der Waals surface area contributed by atoms with Crippen LogP contribution in [0, 0.1) is 11.8 Å². The molecule has 1 aromatic carbocycles. The van der Waals surface area contributed by atoms with Crippen molar-refractivity contribution in [1.29, 1.82) is 0 Å². The van der Waals surface area contributed by atoms with Gasteiger partial charge in [0.1, 0.15) is 0 Å². The molecule has 1 fully saturated rings. The zero-order valence-electron chi connectivity index (χ0n) is 13.0. The predicted octanol–water partition coefficient (Wildman–Crippen LogP) is 4.50. The Balaban J connectivity index is 1.76. The second-order valence-corrected chi connectivity index (χ2v) is 6.48. The van der Waals surface area contributed by atoms with Crippen LogP contribution in [-0.2, 0) is 0 Å². The van der Waals surface area contributed by atoms with Crippen LogP contribution in [-0.4, -0.2) is 15.8 Å². The molecule has 3 rings (SSSR count). The summed E-state index contributed by atoms with van der Waals surface area (Å²) in [5.41, 5.74) is 2.32. The van der Waals surface area contributed by atoms with E-state index in [0.717, 1.165) is 17.5 Å². The van der Waals surface area contributed by atoms with Gasteiger partial charge in [-0.15, -0.1) is 0 Å². The number of hydrogen-bond acceptors (Lipinski definition) is 2. The molecule has 1 saturated carbocycles. The average molecular weight is 283 g/mol. The van der Waals surface area contributed by atoms with Gasteiger partial charge in [0.25, 0.3) is 0 Å². The number of nitrogens with one attached hydrogen (secondary N) is 1. The van der Waals surface area contributed by atoms with E-state index in [-0.39, 0.29) is 0 Å². The molecule has 1 aromatic heterocycles. The third-order valence-corrected chi connectivity index (χ3v) is 4.67. The van der Waals surface area contributed by atoms with E-state index in [0.29, 0.717) is 6.04 Å². The van der Waals surface area contributed by atoms with Gasteiger partial charge in [0.15, 0.2) is 0 Å². The molecule has 1 aliphatic rings.